The Morgan fingerprint density at radius 3 is 2.72 bits per heavy atom. The number of rotatable bonds is 6. The van der Waals surface area contributed by atoms with Crippen LogP contribution in [0, 0.1) is 0 Å². The number of furan rings is 1. The van der Waals surface area contributed by atoms with Crippen molar-refractivity contribution in [3.05, 3.63) is 65.6 Å². The van der Waals surface area contributed by atoms with E-state index < -0.39 is 0 Å². The van der Waals surface area contributed by atoms with Gasteiger partial charge < -0.3 is 20.0 Å². The van der Waals surface area contributed by atoms with E-state index in [1.54, 1.807) is 30.3 Å². The number of amides is 1. The fourth-order valence-electron chi connectivity index (χ4n) is 3.73. The number of piperazine rings is 1. The second kappa shape index (κ2) is 10.6. The summed E-state index contributed by atoms with van der Waals surface area (Å²) in [6, 6.07) is 11.8. The molecule has 1 saturated heterocycles. The first-order valence-electron chi connectivity index (χ1n) is 10.5. The van der Waals surface area contributed by atoms with Crippen molar-refractivity contribution in [2.45, 2.75) is 13.1 Å². The van der Waals surface area contributed by atoms with E-state index in [-0.39, 0.29) is 18.3 Å². The topological polar surface area (TPSA) is 78.8 Å². The van der Waals surface area contributed by atoms with Crippen molar-refractivity contribution in [1.82, 2.24) is 19.7 Å². The maximum absolute atomic E-state index is 12.6. The summed E-state index contributed by atoms with van der Waals surface area (Å²) in [6.07, 6.45) is 5.05. The Balaban J connectivity index is 0.00000289. The van der Waals surface area contributed by atoms with Crippen LogP contribution >= 0.6 is 12.4 Å². The number of para-hydroxylation sites is 1. The lowest BCUT2D eigenvalue weighted by atomic mass is 10.1. The molecule has 1 fully saturated rings. The molecule has 8 heteroatoms. The predicted octanol–water partition coefficient (Wildman–Crippen LogP) is 3.25. The molecule has 0 bridgehead atoms. The van der Waals surface area contributed by atoms with E-state index >= 15 is 0 Å². The molecule has 1 aliphatic rings. The van der Waals surface area contributed by atoms with Crippen molar-refractivity contribution < 1.29 is 9.21 Å². The van der Waals surface area contributed by atoms with Gasteiger partial charge in [-0.1, -0.05) is 18.2 Å². The van der Waals surface area contributed by atoms with E-state index in [1.807, 2.05) is 36.4 Å². The first-order valence-corrected chi connectivity index (χ1v) is 10.5. The second-order valence-corrected chi connectivity index (χ2v) is 8.17. The molecular weight excluding hydrogens is 426 g/mol. The molecule has 0 saturated carbocycles. The van der Waals surface area contributed by atoms with E-state index in [1.165, 1.54) is 0 Å². The van der Waals surface area contributed by atoms with Gasteiger partial charge in [0.25, 0.3) is 0 Å². The number of likely N-dealkylation sites (N-methyl/N-ethyl adjacent to an activating group) is 2. The number of nitrogen functional groups attached to an aromatic ring is 1. The van der Waals surface area contributed by atoms with Gasteiger partial charge >= 0.3 is 0 Å². The molecule has 1 aliphatic heterocycles. The largest absolute Gasteiger partial charge is 0.459 e. The van der Waals surface area contributed by atoms with Crippen LogP contribution in [0.25, 0.3) is 17.0 Å². The van der Waals surface area contributed by atoms with E-state index in [4.69, 9.17) is 10.2 Å². The first kappa shape index (κ1) is 23.8. The maximum Gasteiger partial charge on any atom is 0.246 e. The molecule has 2 N–H and O–H groups in total. The van der Waals surface area contributed by atoms with E-state index in [2.05, 4.69) is 21.8 Å². The number of nitrogens with zero attached hydrogens (tertiary/aromatic N) is 4. The Labute approximate surface area is 194 Å². The lowest BCUT2D eigenvalue weighted by Crippen LogP contribution is -2.44. The Morgan fingerprint density at radius 2 is 1.97 bits per heavy atom. The summed E-state index contributed by atoms with van der Waals surface area (Å²) in [7, 11) is 3.90. The number of carbonyl (C=O) groups is 1. The van der Waals surface area contributed by atoms with Gasteiger partial charge in [-0.15, -0.1) is 12.4 Å². The molecule has 3 aromatic rings. The number of halogens is 1. The summed E-state index contributed by atoms with van der Waals surface area (Å²) >= 11 is 0. The third-order valence-corrected chi connectivity index (χ3v) is 5.68. The Bertz CT molecular complexity index is 1060. The maximum atomic E-state index is 12.6. The highest BCUT2D eigenvalue weighted by molar-refractivity contribution is 5.91. The summed E-state index contributed by atoms with van der Waals surface area (Å²) in [5, 5.41) is 1.04. The third kappa shape index (κ3) is 5.88. The fraction of sp³-hybridized carbons (Fsp3) is 0.333. The van der Waals surface area contributed by atoms with Gasteiger partial charge in [0, 0.05) is 63.0 Å². The summed E-state index contributed by atoms with van der Waals surface area (Å²) in [5.41, 5.74) is 8.79. The van der Waals surface area contributed by atoms with Crippen molar-refractivity contribution in [1.29, 1.82) is 0 Å². The van der Waals surface area contributed by atoms with Crippen LogP contribution < -0.4 is 5.73 Å². The zero-order valence-electron chi connectivity index (χ0n) is 18.5. The number of benzene rings is 1. The van der Waals surface area contributed by atoms with Gasteiger partial charge in [-0.3, -0.25) is 9.69 Å². The van der Waals surface area contributed by atoms with Crippen LogP contribution in [-0.2, 0) is 17.9 Å². The fourth-order valence-corrected chi connectivity index (χ4v) is 3.73. The number of nitrogens with two attached hydrogens (primary N) is 1. The average Bonchev–Trinajstić information content (AvgIpc) is 3.17. The number of hydrogen-bond donors (Lipinski definition) is 1. The van der Waals surface area contributed by atoms with Crippen LogP contribution in [0.5, 0.6) is 0 Å². The predicted molar refractivity (Wildman–Crippen MR) is 130 cm³/mol. The van der Waals surface area contributed by atoms with Crippen LogP contribution in [0.3, 0.4) is 0 Å². The molecule has 0 aliphatic carbocycles. The van der Waals surface area contributed by atoms with Crippen LogP contribution in [0.15, 0.2) is 53.1 Å². The second-order valence-electron chi connectivity index (χ2n) is 8.17. The molecule has 0 atom stereocenters. The van der Waals surface area contributed by atoms with Gasteiger partial charge in [0.1, 0.15) is 17.2 Å². The van der Waals surface area contributed by atoms with Gasteiger partial charge in [-0.2, -0.15) is 0 Å². The highest BCUT2D eigenvalue weighted by Crippen LogP contribution is 2.20. The van der Waals surface area contributed by atoms with Crippen molar-refractivity contribution in [2.24, 2.45) is 0 Å². The molecule has 4 rings (SSSR count). The zero-order valence-corrected chi connectivity index (χ0v) is 19.3. The molecule has 1 amide bonds. The summed E-state index contributed by atoms with van der Waals surface area (Å²) in [4.78, 5) is 23.2. The highest BCUT2D eigenvalue weighted by atomic mass is 35.5. The zero-order chi connectivity index (χ0) is 21.8. The number of aromatic nitrogens is 1. The number of fused-ring (bicyclic) bond motifs is 1. The lowest BCUT2D eigenvalue weighted by molar-refractivity contribution is -0.125. The number of carbonyl (C=O) groups excluding carboxylic acids is 1. The highest BCUT2D eigenvalue weighted by Gasteiger charge is 2.15. The van der Waals surface area contributed by atoms with Crippen LogP contribution in [0.1, 0.15) is 16.9 Å². The number of anilines is 1. The smallest absolute Gasteiger partial charge is 0.246 e. The van der Waals surface area contributed by atoms with Gasteiger partial charge in [0.2, 0.25) is 5.91 Å². The van der Waals surface area contributed by atoms with Crippen molar-refractivity contribution >= 4 is 41.2 Å². The lowest BCUT2D eigenvalue weighted by Gasteiger charge is -2.32. The molecule has 170 valence electrons. The average molecular weight is 456 g/mol. The standard InChI is InChI=1S/C24H29N5O2.ClH/c1-27-9-11-29(12-10-27)16-20-13-18(15-26-24(20)25)7-8-23(30)28(2)17-21-14-19-5-3-4-6-22(19)31-21;/h3-8,13-15H,9-12,16-17H2,1-2H3,(H2,25,26);1H/b8-7+;. The molecule has 7 nitrogen and oxygen atoms in total. The molecule has 32 heavy (non-hydrogen) atoms. The Morgan fingerprint density at radius 1 is 1.22 bits per heavy atom. The minimum atomic E-state index is -0.0992. The molecule has 0 spiro atoms. The van der Waals surface area contributed by atoms with Crippen LogP contribution in [0.2, 0.25) is 0 Å². The van der Waals surface area contributed by atoms with Gasteiger partial charge in [0.05, 0.1) is 6.54 Å². The molecule has 0 radical (unpaired) electrons. The van der Waals surface area contributed by atoms with Gasteiger partial charge in [-0.25, -0.2) is 4.98 Å². The Hall–Kier alpha value is -2.87. The normalized spacial score (nSPS) is 15.2. The molecule has 2 aromatic heterocycles. The molecule has 3 heterocycles. The van der Waals surface area contributed by atoms with Crippen LogP contribution in [0.4, 0.5) is 5.82 Å². The monoisotopic (exact) mass is 455 g/mol. The molecular formula is C24H30ClN5O2. The van der Waals surface area contributed by atoms with Gasteiger partial charge in [0.15, 0.2) is 0 Å². The van der Waals surface area contributed by atoms with Gasteiger partial charge in [-0.05, 0) is 36.9 Å². The summed E-state index contributed by atoms with van der Waals surface area (Å²) < 4.78 is 5.81. The van der Waals surface area contributed by atoms with E-state index in [0.29, 0.717) is 12.4 Å². The first-order chi connectivity index (χ1) is 15.0. The summed E-state index contributed by atoms with van der Waals surface area (Å²) in [6.45, 7) is 5.32. The molecule has 1 aromatic carbocycles. The van der Waals surface area contributed by atoms with E-state index in [9.17, 15) is 4.79 Å². The minimum absolute atomic E-state index is 0. The number of hydrogen-bond acceptors (Lipinski definition) is 6. The van der Waals surface area contributed by atoms with Crippen LogP contribution in [-0.4, -0.2) is 65.9 Å². The SMILES string of the molecule is CN1CCN(Cc2cc(/C=C/C(=O)N(C)Cc3cc4ccccc4o3)cnc2N)CC1.Cl. The molecule has 0 unspecified atom stereocenters. The van der Waals surface area contributed by atoms with E-state index in [0.717, 1.165) is 60.6 Å². The van der Waals surface area contributed by atoms with Crippen molar-refractivity contribution in [3.63, 3.8) is 0 Å². The quantitative estimate of drug-likeness (QED) is 0.575. The summed E-state index contributed by atoms with van der Waals surface area (Å²) in [5.74, 6) is 1.20. The Kier molecular flexibility index (Phi) is 7.90. The number of pyridine rings is 1. The van der Waals surface area contributed by atoms with Crippen molar-refractivity contribution in [3.8, 4) is 0 Å². The minimum Gasteiger partial charge on any atom is -0.459 e. The van der Waals surface area contributed by atoms with Crippen molar-refractivity contribution in [2.75, 3.05) is 46.0 Å². The third-order valence-electron chi connectivity index (χ3n) is 5.68.